The highest BCUT2D eigenvalue weighted by Crippen LogP contribution is 2.28. The van der Waals surface area contributed by atoms with Gasteiger partial charge in [-0.25, -0.2) is 4.79 Å². The minimum Gasteiger partial charge on any atom is -0.480 e. The van der Waals surface area contributed by atoms with Crippen molar-refractivity contribution in [3.8, 4) is 0 Å². The number of carboxylic acid groups (broad SMARTS) is 1. The summed E-state index contributed by atoms with van der Waals surface area (Å²) in [6.45, 7) is 0.392. The van der Waals surface area contributed by atoms with Gasteiger partial charge in [0, 0.05) is 13.0 Å². The molecule has 1 N–H and O–H groups in total. The lowest BCUT2D eigenvalue weighted by atomic mass is 9.85. The molecule has 0 radical (unpaired) electrons. The summed E-state index contributed by atoms with van der Waals surface area (Å²) < 4.78 is 0. The number of ketones is 1. The second kappa shape index (κ2) is 9.04. The molecule has 2 rings (SSSR count). The van der Waals surface area contributed by atoms with Gasteiger partial charge in [0.05, 0.1) is 0 Å². The highest BCUT2D eigenvalue weighted by molar-refractivity contribution is 6.36. The Morgan fingerprint density at radius 3 is 2.35 bits per heavy atom. The molecule has 2 aliphatic rings. The predicted molar refractivity (Wildman–Crippen MR) is 87.0 cm³/mol. The minimum atomic E-state index is -1.00. The van der Waals surface area contributed by atoms with Gasteiger partial charge in [0.2, 0.25) is 5.78 Å². The number of unbranched alkanes of at least 4 members (excludes halogenated alkanes) is 2. The summed E-state index contributed by atoms with van der Waals surface area (Å²) in [4.78, 5) is 36.4. The first-order valence-electron chi connectivity index (χ1n) is 9.16. The third kappa shape index (κ3) is 5.33. The molecule has 1 atom stereocenters. The number of hydrogen-bond donors (Lipinski definition) is 1. The predicted octanol–water partition coefficient (Wildman–Crippen LogP) is 3.16. The lowest BCUT2D eigenvalue weighted by Gasteiger charge is -2.21. The molecule has 130 valence electrons. The Hall–Kier alpha value is -1.39. The van der Waals surface area contributed by atoms with E-state index in [9.17, 15) is 14.4 Å². The molecule has 0 spiro atoms. The van der Waals surface area contributed by atoms with E-state index in [1.807, 2.05) is 0 Å². The Labute approximate surface area is 138 Å². The number of aliphatic carboxylic acids is 1. The van der Waals surface area contributed by atoms with Crippen LogP contribution in [0.15, 0.2) is 0 Å². The van der Waals surface area contributed by atoms with Gasteiger partial charge in [0.1, 0.15) is 6.04 Å². The van der Waals surface area contributed by atoms with Crippen molar-refractivity contribution in [2.24, 2.45) is 5.92 Å². The lowest BCUT2D eigenvalue weighted by Crippen LogP contribution is -2.43. The summed E-state index contributed by atoms with van der Waals surface area (Å²) in [6.07, 6.45) is 12.3. The van der Waals surface area contributed by atoms with Crippen molar-refractivity contribution >= 4 is 17.7 Å². The van der Waals surface area contributed by atoms with Crippen LogP contribution in [0.4, 0.5) is 0 Å². The van der Waals surface area contributed by atoms with Crippen LogP contribution in [0.5, 0.6) is 0 Å². The van der Waals surface area contributed by atoms with Gasteiger partial charge >= 0.3 is 5.97 Å². The number of carbonyl (C=O) groups excluding carboxylic acids is 2. The highest BCUT2D eigenvalue weighted by Gasteiger charge is 2.36. The van der Waals surface area contributed by atoms with E-state index >= 15 is 0 Å². The van der Waals surface area contributed by atoms with Crippen LogP contribution in [0.25, 0.3) is 0 Å². The minimum absolute atomic E-state index is 0.256. The van der Waals surface area contributed by atoms with Crippen molar-refractivity contribution in [1.82, 2.24) is 4.90 Å². The van der Waals surface area contributed by atoms with E-state index in [1.54, 1.807) is 0 Å². The fraction of sp³-hybridized carbons (Fsp3) is 0.833. The van der Waals surface area contributed by atoms with Crippen molar-refractivity contribution in [3.63, 3.8) is 0 Å². The average molecular weight is 323 g/mol. The van der Waals surface area contributed by atoms with E-state index in [-0.39, 0.29) is 6.42 Å². The van der Waals surface area contributed by atoms with E-state index in [2.05, 4.69) is 0 Å². The summed E-state index contributed by atoms with van der Waals surface area (Å²) in [5.74, 6) is -1.16. The van der Waals surface area contributed by atoms with Gasteiger partial charge in [-0.15, -0.1) is 0 Å². The molecule has 0 aromatic rings. The maximum Gasteiger partial charge on any atom is 0.326 e. The van der Waals surface area contributed by atoms with Gasteiger partial charge in [-0.2, -0.15) is 0 Å². The number of carboxylic acids is 1. The number of amides is 1. The zero-order chi connectivity index (χ0) is 16.7. The highest BCUT2D eigenvalue weighted by atomic mass is 16.4. The van der Waals surface area contributed by atoms with Crippen molar-refractivity contribution in [2.75, 3.05) is 6.54 Å². The van der Waals surface area contributed by atoms with E-state index in [0.29, 0.717) is 19.4 Å². The van der Waals surface area contributed by atoms with E-state index in [4.69, 9.17) is 5.11 Å². The van der Waals surface area contributed by atoms with E-state index in [1.165, 1.54) is 43.4 Å². The van der Waals surface area contributed by atoms with Gasteiger partial charge in [-0.05, 0) is 25.2 Å². The summed E-state index contributed by atoms with van der Waals surface area (Å²) >= 11 is 0. The van der Waals surface area contributed by atoms with Gasteiger partial charge in [-0.3, -0.25) is 9.59 Å². The Kier molecular flexibility index (Phi) is 7.06. The third-order valence-electron chi connectivity index (χ3n) is 5.28. The Bertz CT molecular complexity index is 429. The molecule has 5 nitrogen and oxygen atoms in total. The van der Waals surface area contributed by atoms with Crippen molar-refractivity contribution in [1.29, 1.82) is 0 Å². The molecule has 0 aromatic carbocycles. The van der Waals surface area contributed by atoms with Gasteiger partial charge in [0.25, 0.3) is 5.91 Å². The molecule has 1 aliphatic heterocycles. The Balaban J connectivity index is 1.62. The first-order valence-corrected chi connectivity index (χ1v) is 9.16. The van der Waals surface area contributed by atoms with Crippen LogP contribution in [0.3, 0.4) is 0 Å². The SMILES string of the molecule is O=C(CCCCCC1CCCCC1)C(=O)N1CCC[C@H]1C(=O)O. The largest absolute Gasteiger partial charge is 0.480 e. The number of Topliss-reactive ketones (excluding diaryl/α,β-unsaturated/α-hetero) is 1. The summed E-state index contributed by atoms with van der Waals surface area (Å²) in [5.41, 5.74) is 0. The molecule has 1 heterocycles. The van der Waals surface area contributed by atoms with Crippen molar-refractivity contribution in [3.05, 3.63) is 0 Å². The molecular weight excluding hydrogens is 294 g/mol. The quantitative estimate of drug-likeness (QED) is 0.550. The maximum absolute atomic E-state index is 12.1. The molecule has 2 fully saturated rings. The number of likely N-dealkylation sites (tertiary alicyclic amines) is 1. The molecule has 0 bridgehead atoms. The standard InChI is InChI=1S/C18H29NO4/c20-16(17(21)19-13-7-11-15(19)18(22)23)12-6-2-5-10-14-8-3-1-4-9-14/h14-15H,1-13H2,(H,22,23)/t15-/m0/s1. The molecule has 23 heavy (non-hydrogen) atoms. The molecule has 5 heteroatoms. The Morgan fingerprint density at radius 2 is 1.65 bits per heavy atom. The molecule has 1 saturated carbocycles. The number of rotatable bonds is 8. The monoisotopic (exact) mass is 323 g/mol. The maximum atomic E-state index is 12.1. The number of carbonyl (C=O) groups is 3. The van der Waals surface area contributed by atoms with Crippen LogP contribution >= 0.6 is 0 Å². The topological polar surface area (TPSA) is 74.7 Å². The van der Waals surface area contributed by atoms with Crippen LogP contribution in [-0.4, -0.2) is 40.3 Å². The first-order chi connectivity index (χ1) is 11.1. The first kappa shape index (κ1) is 18.0. The van der Waals surface area contributed by atoms with Crippen LogP contribution < -0.4 is 0 Å². The van der Waals surface area contributed by atoms with Gasteiger partial charge in [0.15, 0.2) is 0 Å². The lowest BCUT2D eigenvalue weighted by molar-refractivity contribution is -0.152. The van der Waals surface area contributed by atoms with Crippen LogP contribution in [-0.2, 0) is 14.4 Å². The van der Waals surface area contributed by atoms with E-state index in [0.717, 1.165) is 25.2 Å². The number of hydrogen-bond acceptors (Lipinski definition) is 3. The third-order valence-corrected chi connectivity index (χ3v) is 5.28. The fourth-order valence-corrected chi connectivity index (χ4v) is 3.90. The molecule has 0 unspecified atom stereocenters. The van der Waals surface area contributed by atoms with Crippen molar-refractivity contribution in [2.45, 2.75) is 83.1 Å². The molecular formula is C18H29NO4. The van der Waals surface area contributed by atoms with Crippen LogP contribution in [0.1, 0.15) is 77.0 Å². The van der Waals surface area contributed by atoms with Crippen molar-refractivity contribution < 1.29 is 19.5 Å². The summed E-state index contributed by atoms with van der Waals surface area (Å²) in [6, 6.07) is -0.808. The van der Waals surface area contributed by atoms with Crippen LogP contribution in [0, 0.1) is 5.92 Å². The Morgan fingerprint density at radius 1 is 0.913 bits per heavy atom. The molecule has 1 aliphatic carbocycles. The van der Waals surface area contributed by atoms with E-state index < -0.39 is 23.7 Å². The fourth-order valence-electron chi connectivity index (χ4n) is 3.90. The number of nitrogens with zero attached hydrogens (tertiary/aromatic N) is 1. The molecule has 1 amide bonds. The van der Waals surface area contributed by atoms with Gasteiger partial charge < -0.3 is 10.0 Å². The second-order valence-corrected chi connectivity index (χ2v) is 7.02. The summed E-state index contributed by atoms with van der Waals surface area (Å²) in [7, 11) is 0. The average Bonchev–Trinajstić information content (AvgIpc) is 3.04. The normalized spacial score (nSPS) is 22.3. The smallest absolute Gasteiger partial charge is 0.326 e. The second-order valence-electron chi connectivity index (χ2n) is 7.02. The zero-order valence-electron chi connectivity index (χ0n) is 14.0. The zero-order valence-corrected chi connectivity index (χ0v) is 14.0. The molecule has 1 saturated heterocycles. The molecule has 0 aromatic heterocycles. The van der Waals surface area contributed by atoms with Crippen LogP contribution in [0.2, 0.25) is 0 Å². The van der Waals surface area contributed by atoms with Gasteiger partial charge in [-0.1, -0.05) is 51.4 Å². The summed E-state index contributed by atoms with van der Waals surface area (Å²) in [5, 5.41) is 9.08.